The maximum absolute atomic E-state index is 5.62. The van der Waals surface area contributed by atoms with Crippen LogP contribution in [0, 0.1) is 0 Å². The number of benzene rings is 1. The minimum Gasteiger partial charge on any atom is -0.490 e. The van der Waals surface area contributed by atoms with Gasteiger partial charge in [0.2, 0.25) is 0 Å². The Kier molecular flexibility index (Phi) is 5.01. The third kappa shape index (κ3) is 3.99. The zero-order valence-corrected chi connectivity index (χ0v) is 12.0. The first kappa shape index (κ1) is 14.4. The van der Waals surface area contributed by atoms with Crippen molar-refractivity contribution >= 4 is 0 Å². The third-order valence-corrected chi connectivity index (χ3v) is 2.86. The molecule has 0 aliphatic carbocycles. The molecule has 0 spiro atoms. The van der Waals surface area contributed by atoms with Crippen molar-refractivity contribution in [1.29, 1.82) is 0 Å². The molecule has 20 heavy (non-hydrogen) atoms. The quantitative estimate of drug-likeness (QED) is 0.788. The summed E-state index contributed by atoms with van der Waals surface area (Å²) in [6.45, 7) is 5.63. The Labute approximate surface area is 119 Å². The lowest BCUT2D eigenvalue weighted by Crippen LogP contribution is -2.09. The Morgan fingerprint density at radius 1 is 1.20 bits per heavy atom. The van der Waals surface area contributed by atoms with E-state index in [1.165, 1.54) is 0 Å². The van der Waals surface area contributed by atoms with Crippen molar-refractivity contribution in [1.82, 2.24) is 9.78 Å². The van der Waals surface area contributed by atoms with Gasteiger partial charge in [0.25, 0.3) is 0 Å². The number of hydrogen-bond donors (Lipinski definition) is 1. The molecule has 0 aliphatic heterocycles. The van der Waals surface area contributed by atoms with Gasteiger partial charge in [-0.05, 0) is 31.5 Å². The number of nitrogens with two attached hydrogens (primary N) is 1. The Morgan fingerprint density at radius 2 is 1.95 bits per heavy atom. The van der Waals surface area contributed by atoms with Gasteiger partial charge in [0.05, 0.1) is 12.4 Å². The molecule has 0 atom stereocenters. The van der Waals surface area contributed by atoms with Gasteiger partial charge in [0.1, 0.15) is 19.0 Å². The molecule has 1 aromatic heterocycles. The molecule has 0 aliphatic rings. The maximum atomic E-state index is 5.62. The highest BCUT2D eigenvalue weighted by molar-refractivity contribution is 5.28. The second-order valence-electron chi connectivity index (χ2n) is 4.80. The number of rotatable bonds is 7. The minimum atomic E-state index is 0.336. The van der Waals surface area contributed by atoms with Crippen LogP contribution in [0.1, 0.15) is 25.5 Å². The fourth-order valence-electron chi connectivity index (χ4n) is 1.76. The summed E-state index contributed by atoms with van der Waals surface area (Å²) in [6, 6.07) is 8.10. The summed E-state index contributed by atoms with van der Waals surface area (Å²) in [7, 11) is 0. The van der Waals surface area contributed by atoms with Gasteiger partial charge in [-0.25, -0.2) is 0 Å². The molecule has 0 radical (unpaired) electrons. The Morgan fingerprint density at radius 3 is 2.60 bits per heavy atom. The predicted molar refractivity (Wildman–Crippen MR) is 77.9 cm³/mol. The first-order valence-electron chi connectivity index (χ1n) is 6.78. The van der Waals surface area contributed by atoms with Gasteiger partial charge in [-0.3, -0.25) is 4.68 Å². The Balaban J connectivity index is 1.75. The van der Waals surface area contributed by atoms with E-state index >= 15 is 0 Å². The molecule has 1 aromatic carbocycles. The third-order valence-electron chi connectivity index (χ3n) is 2.86. The van der Waals surface area contributed by atoms with Gasteiger partial charge in [0.15, 0.2) is 5.75 Å². The number of aromatic nitrogens is 2. The predicted octanol–water partition coefficient (Wildman–Crippen LogP) is 2.38. The molecule has 5 nitrogen and oxygen atoms in total. The van der Waals surface area contributed by atoms with Crippen molar-refractivity contribution in [3.8, 4) is 11.5 Å². The van der Waals surface area contributed by atoms with Gasteiger partial charge in [0, 0.05) is 12.6 Å². The summed E-state index contributed by atoms with van der Waals surface area (Å²) < 4.78 is 13.1. The van der Waals surface area contributed by atoms with E-state index in [2.05, 4.69) is 18.9 Å². The molecule has 0 fully saturated rings. The molecule has 0 saturated carbocycles. The smallest absolute Gasteiger partial charge is 0.157 e. The van der Waals surface area contributed by atoms with E-state index in [9.17, 15) is 0 Å². The summed E-state index contributed by atoms with van der Waals surface area (Å²) in [5.74, 6) is 1.58. The monoisotopic (exact) mass is 275 g/mol. The van der Waals surface area contributed by atoms with Gasteiger partial charge >= 0.3 is 0 Å². The molecular weight excluding hydrogens is 254 g/mol. The lowest BCUT2D eigenvalue weighted by Gasteiger charge is -2.08. The van der Waals surface area contributed by atoms with Crippen molar-refractivity contribution in [3.05, 3.63) is 42.2 Å². The fourth-order valence-corrected chi connectivity index (χ4v) is 1.76. The molecule has 0 saturated heterocycles. The van der Waals surface area contributed by atoms with Gasteiger partial charge in [-0.1, -0.05) is 12.1 Å². The molecule has 2 rings (SSSR count). The summed E-state index contributed by atoms with van der Waals surface area (Å²) in [4.78, 5) is 0. The second-order valence-corrected chi connectivity index (χ2v) is 4.80. The van der Waals surface area contributed by atoms with Crippen LogP contribution in [0.2, 0.25) is 0 Å². The van der Waals surface area contributed by atoms with E-state index < -0.39 is 0 Å². The largest absolute Gasteiger partial charge is 0.490 e. The van der Waals surface area contributed by atoms with Crippen LogP contribution in [0.5, 0.6) is 11.5 Å². The number of ether oxygens (including phenoxy) is 2. The topological polar surface area (TPSA) is 62.3 Å². The molecule has 2 N–H and O–H groups in total. The van der Waals surface area contributed by atoms with Crippen molar-refractivity contribution in [2.24, 2.45) is 5.73 Å². The first-order chi connectivity index (χ1) is 9.69. The SMILES string of the molecule is CC(C)n1cc(OCCOc2cccc(CN)c2)cn1. The lowest BCUT2D eigenvalue weighted by molar-refractivity contribution is 0.217. The summed E-state index contributed by atoms with van der Waals surface area (Å²) in [5.41, 5.74) is 6.64. The molecule has 0 bridgehead atoms. The standard InChI is InChI=1S/C15H21N3O2/c1-12(2)18-11-15(10-17-18)20-7-6-19-14-5-3-4-13(8-14)9-16/h3-5,8,10-12H,6-7,9,16H2,1-2H3. The van der Waals surface area contributed by atoms with E-state index in [-0.39, 0.29) is 0 Å². The van der Waals surface area contributed by atoms with Crippen LogP contribution in [-0.4, -0.2) is 23.0 Å². The zero-order valence-electron chi connectivity index (χ0n) is 12.0. The molecule has 0 amide bonds. The molecule has 5 heteroatoms. The first-order valence-corrected chi connectivity index (χ1v) is 6.78. The number of nitrogens with zero attached hydrogens (tertiary/aromatic N) is 2. The van der Waals surface area contributed by atoms with Crippen molar-refractivity contribution < 1.29 is 9.47 Å². The van der Waals surface area contributed by atoms with E-state index in [0.29, 0.717) is 25.8 Å². The van der Waals surface area contributed by atoms with Crippen LogP contribution >= 0.6 is 0 Å². The molecule has 1 heterocycles. The van der Waals surface area contributed by atoms with Crippen LogP contribution < -0.4 is 15.2 Å². The van der Waals surface area contributed by atoms with Crippen LogP contribution in [0.25, 0.3) is 0 Å². The van der Waals surface area contributed by atoms with Crippen molar-refractivity contribution in [3.63, 3.8) is 0 Å². The molecule has 2 aromatic rings. The van der Waals surface area contributed by atoms with Crippen LogP contribution in [0.15, 0.2) is 36.7 Å². The van der Waals surface area contributed by atoms with E-state index in [1.807, 2.05) is 35.1 Å². The van der Waals surface area contributed by atoms with Crippen molar-refractivity contribution in [2.75, 3.05) is 13.2 Å². The molecule has 108 valence electrons. The van der Waals surface area contributed by atoms with Crippen molar-refractivity contribution in [2.45, 2.75) is 26.4 Å². The normalized spacial score (nSPS) is 10.8. The van der Waals surface area contributed by atoms with Gasteiger partial charge in [-0.2, -0.15) is 5.10 Å². The molecule has 0 unspecified atom stereocenters. The molecular formula is C15H21N3O2. The highest BCUT2D eigenvalue weighted by Crippen LogP contribution is 2.14. The summed E-state index contributed by atoms with van der Waals surface area (Å²) in [5, 5.41) is 4.21. The average molecular weight is 275 g/mol. The Bertz CT molecular complexity index is 537. The van der Waals surface area contributed by atoms with Crippen LogP contribution in [0.4, 0.5) is 0 Å². The Hall–Kier alpha value is -2.01. The highest BCUT2D eigenvalue weighted by Gasteiger charge is 2.02. The summed E-state index contributed by atoms with van der Waals surface area (Å²) in [6.07, 6.45) is 3.61. The average Bonchev–Trinajstić information content (AvgIpc) is 2.93. The minimum absolute atomic E-state index is 0.336. The van der Waals surface area contributed by atoms with E-state index in [0.717, 1.165) is 17.1 Å². The van der Waals surface area contributed by atoms with E-state index in [1.54, 1.807) is 6.20 Å². The van der Waals surface area contributed by atoms with E-state index in [4.69, 9.17) is 15.2 Å². The number of hydrogen-bond acceptors (Lipinski definition) is 4. The maximum Gasteiger partial charge on any atom is 0.157 e. The second kappa shape index (κ2) is 6.96. The highest BCUT2D eigenvalue weighted by atomic mass is 16.5. The lowest BCUT2D eigenvalue weighted by atomic mass is 10.2. The van der Waals surface area contributed by atoms with Crippen LogP contribution in [-0.2, 0) is 6.54 Å². The van der Waals surface area contributed by atoms with Crippen LogP contribution in [0.3, 0.4) is 0 Å². The summed E-state index contributed by atoms with van der Waals surface area (Å²) >= 11 is 0. The fraction of sp³-hybridized carbons (Fsp3) is 0.400. The zero-order chi connectivity index (χ0) is 14.4. The van der Waals surface area contributed by atoms with Gasteiger partial charge < -0.3 is 15.2 Å². The van der Waals surface area contributed by atoms with Gasteiger partial charge in [-0.15, -0.1) is 0 Å².